The predicted molar refractivity (Wildman–Crippen MR) is 35.2 cm³/mol. The van der Waals surface area contributed by atoms with Crippen LogP contribution in [0.15, 0.2) is 0 Å². The van der Waals surface area contributed by atoms with Crippen molar-refractivity contribution in [2.24, 2.45) is 0 Å². The number of aliphatic hydroxyl groups excluding tert-OH is 1. The highest BCUT2D eigenvalue weighted by Gasteiger charge is 2.42. The molecule has 2 saturated heterocycles. The molecule has 3 unspecified atom stereocenters. The first kappa shape index (κ1) is 5.69. The Morgan fingerprint density at radius 3 is 2.44 bits per heavy atom. The van der Waals surface area contributed by atoms with E-state index in [2.05, 4.69) is 11.9 Å². The molecule has 0 aromatic rings. The lowest BCUT2D eigenvalue weighted by molar-refractivity contribution is 0.128. The Labute approximate surface area is 55.5 Å². The molecule has 0 aromatic heterocycles. The summed E-state index contributed by atoms with van der Waals surface area (Å²) in [6, 6.07) is 1.19. The Balaban J connectivity index is 2.16. The number of hydrogen-bond donors (Lipinski definition) is 1. The van der Waals surface area contributed by atoms with Crippen molar-refractivity contribution in [2.75, 3.05) is 7.05 Å². The standard InChI is InChI=1S/C7H13NO/c1-8-5-2-3-6(8)7(9)4-5/h5-7,9H,2-4H2,1H3. The monoisotopic (exact) mass is 127 g/mol. The molecular formula is C7H13NO. The van der Waals surface area contributed by atoms with Crippen LogP contribution >= 0.6 is 0 Å². The first-order valence-electron chi connectivity index (χ1n) is 3.69. The molecule has 0 spiro atoms. The second-order valence-corrected chi connectivity index (χ2v) is 3.27. The number of aliphatic hydroxyl groups is 1. The van der Waals surface area contributed by atoms with Gasteiger partial charge in [0.15, 0.2) is 0 Å². The third-order valence-electron chi connectivity index (χ3n) is 2.85. The quantitative estimate of drug-likeness (QED) is 0.503. The SMILES string of the molecule is CN1C2CCC1C(O)C2. The summed E-state index contributed by atoms with van der Waals surface area (Å²) in [5, 5.41) is 9.35. The van der Waals surface area contributed by atoms with Crippen LogP contribution in [0, 0.1) is 0 Å². The van der Waals surface area contributed by atoms with E-state index in [-0.39, 0.29) is 6.10 Å². The Hall–Kier alpha value is -0.0800. The van der Waals surface area contributed by atoms with Gasteiger partial charge in [-0.05, 0) is 26.3 Å². The lowest BCUT2D eigenvalue weighted by Crippen LogP contribution is -2.28. The van der Waals surface area contributed by atoms with Gasteiger partial charge in [-0.1, -0.05) is 0 Å². The molecule has 2 rings (SSSR count). The highest BCUT2D eigenvalue weighted by molar-refractivity contribution is 4.98. The van der Waals surface area contributed by atoms with E-state index in [1.54, 1.807) is 0 Å². The molecule has 0 radical (unpaired) electrons. The maximum atomic E-state index is 9.35. The van der Waals surface area contributed by atoms with Crippen molar-refractivity contribution in [3.63, 3.8) is 0 Å². The maximum Gasteiger partial charge on any atom is 0.0710 e. The molecule has 2 fully saturated rings. The average Bonchev–Trinajstić information content (AvgIpc) is 2.25. The van der Waals surface area contributed by atoms with Gasteiger partial charge in [0.25, 0.3) is 0 Å². The van der Waals surface area contributed by atoms with E-state index < -0.39 is 0 Å². The van der Waals surface area contributed by atoms with E-state index in [0.717, 1.165) is 6.42 Å². The molecule has 3 atom stereocenters. The maximum absolute atomic E-state index is 9.35. The fourth-order valence-electron chi connectivity index (χ4n) is 2.22. The molecule has 1 N–H and O–H groups in total. The second-order valence-electron chi connectivity index (χ2n) is 3.27. The molecule has 0 amide bonds. The van der Waals surface area contributed by atoms with Crippen molar-refractivity contribution in [3.8, 4) is 0 Å². The fourth-order valence-corrected chi connectivity index (χ4v) is 2.22. The minimum Gasteiger partial charge on any atom is -0.391 e. The second kappa shape index (κ2) is 1.70. The lowest BCUT2D eigenvalue weighted by Gasteiger charge is -2.15. The molecule has 0 aliphatic carbocycles. The zero-order valence-corrected chi connectivity index (χ0v) is 5.75. The lowest BCUT2D eigenvalue weighted by atomic mass is 9.98. The Morgan fingerprint density at radius 2 is 2.22 bits per heavy atom. The van der Waals surface area contributed by atoms with E-state index in [9.17, 15) is 5.11 Å². The highest BCUT2D eigenvalue weighted by atomic mass is 16.3. The molecule has 2 bridgehead atoms. The molecule has 9 heavy (non-hydrogen) atoms. The number of fused-ring (bicyclic) bond motifs is 2. The molecule has 2 nitrogen and oxygen atoms in total. The van der Waals surface area contributed by atoms with Gasteiger partial charge in [-0.3, -0.25) is 4.90 Å². The van der Waals surface area contributed by atoms with Crippen molar-refractivity contribution in [1.29, 1.82) is 0 Å². The molecule has 0 aromatic carbocycles. The third kappa shape index (κ3) is 0.634. The smallest absolute Gasteiger partial charge is 0.0710 e. The molecule has 2 aliphatic heterocycles. The molecular weight excluding hydrogens is 114 g/mol. The first-order valence-corrected chi connectivity index (χ1v) is 3.69. The zero-order valence-electron chi connectivity index (χ0n) is 5.75. The molecule has 2 heterocycles. The van der Waals surface area contributed by atoms with Crippen LogP contribution in [-0.2, 0) is 0 Å². The summed E-state index contributed by atoms with van der Waals surface area (Å²) in [4.78, 5) is 2.32. The predicted octanol–water partition coefficient (Wildman–Crippen LogP) is 0.214. The zero-order chi connectivity index (χ0) is 6.43. The summed E-state index contributed by atoms with van der Waals surface area (Å²) in [7, 11) is 2.12. The van der Waals surface area contributed by atoms with Crippen LogP contribution in [0.2, 0.25) is 0 Å². The summed E-state index contributed by atoms with van der Waals surface area (Å²) in [6.45, 7) is 0. The minimum absolute atomic E-state index is 0.0197. The van der Waals surface area contributed by atoms with Crippen LogP contribution in [0.3, 0.4) is 0 Å². The van der Waals surface area contributed by atoms with Crippen LogP contribution in [0.25, 0.3) is 0 Å². The van der Waals surface area contributed by atoms with Crippen LogP contribution in [0.4, 0.5) is 0 Å². The van der Waals surface area contributed by atoms with Crippen molar-refractivity contribution in [1.82, 2.24) is 4.90 Å². The molecule has 0 saturated carbocycles. The summed E-state index contributed by atoms with van der Waals surface area (Å²) >= 11 is 0. The first-order chi connectivity index (χ1) is 4.29. The van der Waals surface area contributed by atoms with Gasteiger partial charge in [-0.2, -0.15) is 0 Å². The van der Waals surface area contributed by atoms with Crippen molar-refractivity contribution < 1.29 is 5.11 Å². The van der Waals surface area contributed by atoms with Gasteiger partial charge in [0, 0.05) is 12.1 Å². The number of rotatable bonds is 0. The Kier molecular flexibility index (Phi) is 1.08. The summed E-state index contributed by atoms with van der Waals surface area (Å²) in [5.74, 6) is 0. The largest absolute Gasteiger partial charge is 0.391 e. The van der Waals surface area contributed by atoms with Gasteiger partial charge < -0.3 is 5.11 Å². The number of nitrogens with zero attached hydrogens (tertiary/aromatic N) is 1. The van der Waals surface area contributed by atoms with Crippen LogP contribution in [0.1, 0.15) is 19.3 Å². The van der Waals surface area contributed by atoms with E-state index in [0.29, 0.717) is 12.1 Å². The van der Waals surface area contributed by atoms with Gasteiger partial charge >= 0.3 is 0 Å². The van der Waals surface area contributed by atoms with E-state index in [4.69, 9.17) is 0 Å². The Morgan fingerprint density at radius 1 is 1.44 bits per heavy atom. The highest BCUT2D eigenvalue weighted by Crippen LogP contribution is 2.35. The van der Waals surface area contributed by atoms with Crippen molar-refractivity contribution in [2.45, 2.75) is 37.5 Å². The topological polar surface area (TPSA) is 23.5 Å². The third-order valence-corrected chi connectivity index (χ3v) is 2.85. The van der Waals surface area contributed by atoms with Crippen molar-refractivity contribution in [3.05, 3.63) is 0 Å². The number of likely N-dealkylation sites (N-methyl/N-ethyl adjacent to an activating group) is 1. The molecule has 2 heteroatoms. The van der Waals surface area contributed by atoms with Gasteiger partial charge in [0.1, 0.15) is 0 Å². The van der Waals surface area contributed by atoms with Gasteiger partial charge in [0.2, 0.25) is 0 Å². The normalized spacial score (nSPS) is 50.7. The van der Waals surface area contributed by atoms with E-state index in [1.807, 2.05) is 0 Å². The summed E-state index contributed by atoms with van der Waals surface area (Å²) in [6.07, 6.45) is 3.51. The average molecular weight is 127 g/mol. The molecule has 2 aliphatic rings. The summed E-state index contributed by atoms with van der Waals surface area (Å²) in [5.41, 5.74) is 0. The van der Waals surface area contributed by atoms with Crippen LogP contribution in [0.5, 0.6) is 0 Å². The number of hydrogen-bond acceptors (Lipinski definition) is 2. The van der Waals surface area contributed by atoms with Crippen LogP contribution in [-0.4, -0.2) is 35.2 Å². The molecule has 52 valence electrons. The van der Waals surface area contributed by atoms with Gasteiger partial charge in [-0.15, -0.1) is 0 Å². The fraction of sp³-hybridized carbons (Fsp3) is 1.00. The van der Waals surface area contributed by atoms with E-state index in [1.165, 1.54) is 12.8 Å². The minimum atomic E-state index is -0.0197. The summed E-state index contributed by atoms with van der Waals surface area (Å²) < 4.78 is 0. The van der Waals surface area contributed by atoms with Crippen LogP contribution < -0.4 is 0 Å². The van der Waals surface area contributed by atoms with E-state index >= 15 is 0 Å². The van der Waals surface area contributed by atoms with Gasteiger partial charge in [-0.25, -0.2) is 0 Å². The van der Waals surface area contributed by atoms with Gasteiger partial charge in [0.05, 0.1) is 6.10 Å². The Bertz CT molecular complexity index is 126. The van der Waals surface area contributed by atoms with Crippen molar-refractivity contribution >= 4 is 0 Å².